The number of piperazine rings is 1. The van der Waals surface area contributed by atoms with Crippen LogP contribution < -0.4 is 5.73 Å². The predicted molar refractivity (Wildman–Crippen MR) is 73.9 cm³/mol. The number of aromatic amines is 1. The van der Waals surface area contributed by atoms with E-state index in [-0.39, 0.29) is 5.91 Å². The van der Waals surface area contributed by atoms with Gasteiger partial charge in [0.1, 0.15) is 5.52 Å². The second kappa shape index (κ2) is 4.55. The number of carbonyl (C=O) groups is 1. The molecular weight excluding hydrogens is 242 g/mol. The molecule has 6 heteroatoms. The van der Waals surface area contributed by atoms with Crippen LogP contribution in [0.4, 0.5) is 5.69 Å². The summed E-state index contributed by atoms with van der Waals surface area (Å²) in [4.78, 5) is 23.8. The summed E-state index contributed by atoms with van der Waals surface area (Å²) in [7, 11) is 2.06. The minimum atomic E-state index is -0.0521. The summed E-state index contributed by atoms with van der Waals surface area (Å²) in [5, 5.41) is 0. The highest BCUT2D eigenvalue weighted by molar-refractivity contribution is 5.96. The zero-order chi connectivity index (χ0) is 13.4. The zero-order valence-electron chi connectivity index (χ0n) is 10.9. The van der Waals surface area contributed by atoms with Crippen molar-refractivity contribution in [3.8, 4) is 0 Å². The van der Waals surface area contributed by atoms with Crippen LogP contribution in [0.5, 0.6) is 0 Å². The first-order valence-corrected chi connectivity index (χ1v) is 6.37. The molecular formula is C13H17N5O. The molecule has 0 saturated carbocycles. The van der Waals surface area contributed by atoms with Crippen LogP contribution in [0, 0.1) is 0 Å². The number of fused-ring (bicyclic) bond motifs is 1. The molecule has 1 aromatic carbocycles. The number of imidazole rings is 1. The molecule has 2 aromatic rings. The molecule has 1 fully saturated rings. The number of aromatic nitrogens is 2. The maximum Gasteiger partial charge on any atom is 0.289 e. The Bertz CT molecular complexity index is 613. The normalized spacial score (nSPS) is 17.0. The first-order valence-electron chi connectivity index (χ1n) is 6.37. The topological polar surface area (TPSA) is 78.2 Å². The van der Waals surface area contributed by atoms with Crippen LogP contribution in [0.3, 0.4) is 0 Å². The monoisotopic (exact) mass is 259 g/mol. The second-order valence-electron chi connectivity index (χ2n) is 4.92. The summed E-state index contributed by atoms with van der Waals surface area (Å²) >= 11 is 0. The molecule has 1 aliphatic heterocycles. The lowest BCUT2D eigenvalue weighted by molar-refractivity contribution is 0.0653. The molecule has 100 valence electrons. The van der Waals surface area contributed by atoms with Crippen molar-refractivity contribution in [1.82, 2.24) is 19.8 Å². The van der Waals surface area contributed by atoms with E-state index < -0.39 is 0 Å². The molecule has 3 N–H and O–H groups in total. The van der Waals surface area contributed by atoms with Crippen LogP contribution in [-0.2, 0) is 0 Å². The average Bonchev–Trinajstić information content (AvgIpc) is 2.84. The second-order valence-corrected chi connectivity index (χ2v) is 4.92. The fourth-order valence-electron chi connectivity index (χ4n) is 2.31. The molecule has 1 aromatic heterocycles. The maximum atomic E-state index is 12.4. The van der Waals surface area contributed by atoms with E-state index >= 15 is 0 Å². The predicted octanol–water partition coefficient (Wildman–Crippen LogP) is 0.533. The number of benzene rings is 1. The SMILES string of the molecule is CN1CCN(C(=O)c2nc3c(N)cccc3[nH]2)CC1. The Balaban J connectivity index is 1.87. The standard InChI is InChI=1S/C13H17N5O/c1-17-5-7-18(8-6-17)13(19)12-15-10-4-2-3-9(14)11(10)16-12/h2-4H,5-8,14H2,1H3,(H,15,16). The lowest BCUT2D eigenvalue weighted by Gasteiger charge is -2.31. The van der Waals surface area contributed by atoms with Crippen molar-refractivity contribution in [2.75, 3.05) is 39.0 Å². The molecule has 0 radical (unpaired) electrons. The minimum absolute atomic E-state index is 0.0521. The van der Waals surface area contributed by atoms with E-state index in [1.165, 1.54) is 0 Å². The van der Waals surface area contributed by atoms with Crippen molar-refractivity contribution in [3.63, 3.8) is 0 Å². The number of nitrogens with zero attached hydrogens (tertiary/aromatic N) is 3. The van der Waals surface area contributed by atoms with Gasteiger partial charge in [0.2, 0.25) is 0 Å². The summed E-state index contributed by atoms with van der Waals surface area (Å²) in [5.74, 6) is 0.321. The smallest absolute Gasteiger partial charge is 0.289 e. The largest absolute Gasteiger partial charge is 0.397 e. The van der Waals surface area contributed by atoms with Crippen LogP contribution in [0.25, 0.3) is 11.0 Å². The van der Waals surface area contributed by atoms with Gasteiger partial charge < -0.3 is 20.5 Å². The van der Waals surface area contributed by atoms with Gasteiger partial charge in [0.25, 0.3) is 5.91 Å². The minimum Gasteiger partial charge on any atom is -0.397 e. The third-order valence-corrected chi connectivity index (χ3v) is 3.54. The number of likely N-dealkylation sites (N-methyl/N-ethyl adjacent to an activating group) is 1. The fourth-order valence-corrected chi connectivity index (χ4v) is 2.31. The number of nitrogen functional groups attached to an aromatic ring is 1. The number of para-hydroxylation sites is 1. The maximum absolute atomic E-state index is 12.4. The molecule has 1 aliphatic rings. The summed E-state index contributed by atoms with van der Waals surface area (Å²) in [6, 6.07) is 5.51. The number of amides is 1. The zero-order valence-corrected chi connectivity index (χ0v) is 10.9. The van der Waals surface area contributed by atoms with Crippen molar-refractivity contribution >= 4 is 22.6 Å². The Morgan fingerprint density at radius 3 is 2.74 bits per heavy atom. The molecule has 0 spiro atoms. The van der Waals surface area contributed by atoms with Crippen LogP contribution in [0.15, 0.2) is 18.2 Å². The van der Waals surface area contributed by atoms with Crippen molar-refractivity contribution in [3.05, 3.63) is 24.0 Å². The highest BCUT2D eigenvalue weighted by Gasteiger charge is 2.23. The lowest BCUT2D eigenvalue weighted by atomic mass is 10.3. The number of nitrogens with one attached hydrogen (secondary N) is 1. The summed E-state index contributed by atoms with van der Waals surface area (Å²) in [6.45, 7) is 3.27. The van der Waals surface area contributed by atoms with Crippen molar-refractivity contribution in [2.45, 2.75) is 0 Å². The average molecular weight is 259 g/mol. The van der Waals surface area contributed by atoms with Gasteiger partial charge in [-0.3, -0.25) is 4.79 Å². The number of hydrogen-bond donors (Lipinski definition) is 2. The van der Waals surface area contributed by atoms with Gasteiger partial charge >= 0.3 is 0 Å². The Kier molecular flexibility index (Phi) is 2.87. The molecule has 0 atom stereocenters. The summed E-state index contributed by atoms with van der Waals surface area (Å²) in [6.07, 6.45) is 0. The summed E-state index contributed by atoms with van der Waals surface area (Å²) in [5.41, 5.74) is 7.91. The van der Waals surface area contributed by atoms with Gasteiger partial charge in [-0.25, -0.2) is 4.98 Å². The van der Waals surface area contributed by atoms with Crippen LogP contribution >= 0.6 is 0 Å². The van der Waals surface area contributed by atoms with Gasteiger partial charge in [0, 0.05) is 26.2 Å². The van der Waals surface area contributed by atoms with E-state index in [1.807, 2.05) is 17.0 Å². The third kappa shape index (κ3) is 2.15. The van der Waals surface area contributed by atoms with E-state index in [1.54, 1.807) is 6.07 Å². The van der Waals surface area contributed by atoms with Gasteiger partial charge in [-0.15, -0.1) is 0 Å². The fraction of sp³-hybridized carbons (Fsp3) is 0.385. The van der Waals surface area contributed by atoms with Crippen molar-refractivity contribution < 1.29 is 4.79 Å². The first kappa shape index (κ1) is 12.0. The van der Waals surface area contributed by atoms with E-state index in [9.17, 15) is 4.79 Å². The van der Waals surface area contributed by atoms with Gasteiger partial charge in [-0.2, -0.15) is 0 Å². The highest BCUT2D eigenvalue weighted by atomic mass is 16.2. The van der Waals surface area contributed by atoms with Gasteiger partial charge in [0.05, 0.1) is 11.2 Å². The highest BCUT2D eigenvalue weighted by Crippen LogP contribution is 2.19. The Morgan fingerprint density at radius 2 is 2.05 bits per heavy atom. The quantitative estimate of drug-likeness (QED) is 0.732. The van der Waals surface area contributed by atoms with E-state index in [0.29, 0.717) is 17.0 Å². The van der Waals surface area contributed by atoms with Crippen LogP contribution in [0.2, 0.25) is 0 Å². The number of H-pyrrole nitrogens is 1. The first-order chi connectivity index (χ1) is 9.15. The molecule has 6 nitrogen and oxygen atoms in total. The Morgan fingerprint density at radius 1 is 1.32 bits per heavy atom. The van der Waals surface area contributed by atoms with Gasteiger partial charge in [-0.05, 0) is 19.2 Å². The van der Waals surface area contributed by atoms with E-state index in [0.717, 1.165) is 31.7 Å². The third-order valence-electron chi connectivity index (χ3n) is 3.54. The van der Waals surface area contributed by atoms with Gasteiger partial charge in [-0.1, -0.05) is 6.07 Å². The number of hydrogen-bond acceptors (Lipinski definition) is 4. The Hall–Kier alpha value is -2.08. The lowest BCUT2D eigenvalue weighted by Crippen LogP contribution is -2.47. The molecule has 19 heavy (non-hydrogen) atoms. The van der Waals surface area contributed by atoms with Crippen molar-refractivity contribution in [1.29, 1.82) is 0 Å². The Labute approximate surface area is 111 Å². The molecule has 3 rings (SSSR count). The van der Waals surface area contributed by atoms with Crippen LogP contribution in [0.1, 0.15) is 10.6 Å². The molecule has 0 unspecified atom stereocenters. The number of nitrogens with two attached hydrogens (primary N) is 1. The number of carbonyl (C=O) groups excluding carboxylic acids is 1. The van der Waals surface area contributed by atoms with E-state index in [2.05, 4.69) is 21.9 Å². The van der Waals surface area contributed by atoms with E-state index in [4.69, 9.17) is 5.73 Å². The molecule has 1 amide bonds. The number of rotatable bonds is 1. The van der Waals surface area contributed by atoms with Gasteiger partial charge in [0.15, 0.2) is 5.82 Å². The summed E-state index contributed by atoms with van der Waals surface area (Å²) < 4.78 is 0. The molecule has 0 bridgehead atoms. The molecule has 1 saturated heterocycles. The number of anilines is 1. The molecule has 0 aliphatic carbocycles. The van der Waals surface area contributed by atoms with Crippen LogP contribution in [-0.4, -0.2) is 58.9 Å². The molecule has 2 heterocycles. The van der Waals surface area contributed by atoms with Crippen molar-refractivity contribution in [2.24, 2.45) is 0 Å².